The molecule has 0 amide bonds. The molecule has 2 rings (SSSR count). The summed E-state index contributed by atoms with van der Waals surface area (Å²) in [5, 5.41) is 6.68. The monoisotopic (exact) mass is 333 g/mol. The fourth-order valence-corrected chi connectivity index (χ4v) is 2.66. The highest BCUT2D eigenvalue weighted by Crippen LogP contribution is 2.14. The van der Waals surface area contributed by atoms with Gasteiger partial charge in [0.25, 0.3) is 0 Å². The molecule has 1 heterocycles. The standard InChI is InChI=1S/C19H31N3O2/c1-4-20-19(22-14-18-6-5-13-23-18)21-12-11-16-7-9-17(10-8-16)24-15(2)3/h7-10,15,18H,4-6,11-14H2,1-3H3,(H2,20,21,22). The molecule has 0 saturated carbocycles. The van der Waals surface area contributed by atoms with Crippen LogP contribution in [-0.4, -0.2) is 44.4 Å². The zero-order valence-corrected chi connectivity index (χ0v) is 15.2. The quantitative estimate of drug-likeness (QED) is 0.567. The number of hydrogen-bond acceptors (Lipinski definition) is 3. The molecule has 1 unspecified atom stereocenters. The first-order valence-electron chi connectivity index (χ1n) is 9.06. The third kappa shape index (κ3) is 6.79. The van der Waals surface area contributed by atoms with Crippen molar-refractivity contribution in [2.75, 3.05) is 26.2 Å². The number of rotatable bonds is 8. The van der Waals surface area contributed by atoms with Crippen LogP contribution in [0.15, 0.2) is 29.3 Å². The van der Waals surface area contributed by atoms with Gasteiger partial charge in [-0.05, 0) is 57.7 Å². The molecule has 1 fully saturated rings. The Labute approximate surface area is 145 Å². The van der Waals surface area contributed by atoms with E-state index in [1.165, 1.54) is 5.56 Å². The average molecular weight is 333 g/mol. The lowest BCUT2D eigenvalue weighted by Gasteiger charge is -2.13. The maximum absolute atomic E-state index is 5.67. The summed E-state index contributed by atoms with van der Waals surface area (Å²) in [7, 11) is 0. The fraction of sp³-hybridized carbons (Fsp3) is 0.632. The van der Waals surface area contributed by atoms with Crippen LogP contribution in [0.4, 0.5) is 0 Å². The van der Waals surface area contributed by atoms with Gasteiger partial charge in [0.15, 0.2) is 5.96 Å². The zero-order chi connectivity index (χ0) is 17.2. The summed E-state index contributed by atoms with van der Waals surface area (Å²) < 4.78 is 11.3. The SMILES string of the molecule is CCNC(=NCC1CCCO1)NCCc1ccc(OC(C)C)cc1. The summed E-state index contributed by atoms with van der Waals surface area (Å²) in [5.74, 6) is 1.79. The predicted molar refractivity (Wildman–Crippen MR) is 98.9 cm³/mol. The van der Waals surface area contributed by atoms with E-state index in [1.54, 1.807) is 0 Å². The van der Waals surface area contributed by atoms with Crippen LogP contribution < -0.4 is 15.4 Å². The topological polar surface area (TPSA) is 54.9 Å². The summed E-state index contributed by atoms with van der Waals surface area (Å²) in [4.78, 5) is 4.62. The minimum Gasteiger partial charge on any atom is -0.491 e. The highest BCUT2D eigenvalue weighted by molar-refractivity contribution is 5.79. The van der Waals surface area contributed by atoms with Gasteiger partial charge in [-0.25, -0.2) is 0 Å². The Bertz CT molecular complexity index is 494. The van der Waals surface area contributed by atoms with E-state index in [1.807, 2.05) is 26.0 Å². The molecule has 2 N–H and O–H groups in total. The van der Waals surface area contributed by atoms with E-state index in [0.29, 0.717) is 0 Å². The van der Waals surface area contributed by atoms with Gasteiger partial charge in [-0.15, -0.1) is 0 Å². The molecule has 24 heavy (non-hydrogen) atoms. The van der Waals surface area contributed by atoms with Gasteiger partial charge < -0.3 is 20.1 Å². The molecule has 1 atom stereocenters. The molecular weight excluding hydrogens is 302 g/mol. The van der Waals surface area contributed by atoms with E-state index in [4.69, 9.17) is 9.47 Å². The molecule has 1 aliphatic rings. The van der Waals surface area contributed by atoms with Gasteiger partial charge >= 0.3 is 0 Å². The van der Waals surface area contributed by atoms with Gasteiger partial charge in [0.1, 0.15) is 5.75 Å². The first-order chi connectivity index (χ1) is 11.7. The van der Waals surface area contributed by atoms with Crippen LogP contribution in [0.5, 0.6) is 5.75 Å². The van der Waals surface area contributed by atoms with E-state index < -0.39 is 0 Å². The molecule has 0 aliphatic carbocycles. The lowest BCUT2D eigenvalue weighted by Crippen LogP contribution is -2.38. The maximum atomic E-state index is 5.67. The smallest absolute Gasteiger partial charge is 0.191 e. The Kier molecular flexibility index (Phi) is 7.89. The highest BCUT2D eigenvalue weighted by atomic mass is 16.5. The zero-order valence-electron chi connectivity index (χ0n) is 15.2. The van der Waals surface area contributed by atoms with Crippen LogP contribution in [0.3, 0.4) is 0 Å². The van der Waals surface area contributed by atoms with Crippen molar-refractivity contribution in [3.8, 4) is 5.75 Å². The number of aliphatic imine (C=N–C) groups is 1. The van der Waals surface area contributed by atoms with E-state index in [0.717, 1.165) is 57.2 Å². The van der Waals surface area contributed by atoms with Gasteiger partial charge in [-0.1, -0.05) is 12.1 Å². The molecule has 1 aliphatic heterocycles. The summed E-state index contributed by atoms with van der Waals surface area (Å²) in [6.07, 6.45) is 3.72. The van der Waals surface area contributed by atoms with Crippen LogP contribution >= 0.6 is 0 Å². The number of benzene rings is 1. The number of hydrogen-bond donors (Lipinski definition) is 2. The Morgan fingerprint density at radius 1 is 1.29 bits per heavy atom. The van der Waals surface area contributed by atoms with Crippen molar-refractivity contribution in [3.05, 3.63) is 29.8 Å². The van der Waals surface area contributed by atoms with Crippen LogP contribution in [0.1, 0.15) is 39.2 Å². The third-order valence-corrected chi connectivity index (χ3v) is 3.82. The van der Waals surface area contributed by atoms with Gasteiger partial charge in [0.05, 0.1) is 18.8 Å². The third-order valence-electron chi connectivity index (χ3n) is 3.82. The minimum atomic E-state index is 0.209. The number of nitrogens with one attached hydrogen (secondary N) is 2. The molecule has 5 heteroatoms. The second-order valence-corrected chi connectivity index (χ2v) is 6.34. The molecule has 0 aromatic heterocycles. The summed E-state index contributed by atoms with van der Waals surface area (Å²) in [5.41, 5.74) is 1.29. The minimum absolute atomic E-state index is 0.209. The van der Waals surface area contributed by atoms with Gasteiger partial charge in [0.2, 0.25) is 0 Å². The Balaban J connectivity index is 1.75. The maximum Gasteiger partial charge on any atom is 0.191 e. The molecule has 0 spiro atoms. The van der Waals surface area contributed by atoms with Crippen LogP contribution in [-0.2, 0) is 11.2 Å². The van der Waals surface area contributed by atoms with Crippen molar-refractivity contribution < 1.29 is 9.47 Å². The molecule has 5 nitrogen and oxygen atoms in total. The molecular formula is C19H31N3O2. The lowest BCUT2D eigenvalue weighted by molar-refractivity contribution is 0.117. The molecule has 134 valence electrons. The van der Waals surface area contributed by atoms with Gasteiger partial charge in [0, 0.05) is 19.7 Å². The van der Waals surface area contributed by atoms with Crippen LogP contribution in [0.2, 0.25) is 0 Å². The van der Waals surface area contributed by atoms with Crippen molar-refractivity contribution in [2.24, 2.45) is 4.99 Å². The van der Waals surface area contributed by atoms with E-state index in [2.05, 4.69) is 34.7 Å². The van der Waals surface area contributed by atoms with Crippen molar-refractivity contribution >= 4 is 5.96 Å². The summed E-state index contributed by atoms with van der Waals surface area (Å²) in [6, 6.07) is 8.31. The first-order valence-corrected chi connectivity index (χ1v) is 9.06. The Hall–Kier alpha value is -1.75. The lowest BCUT2D eigenvalue weighted by atomic mass is 10.1. The number of ether oxygens (including phenoxy) is 2. The summed E-state index contributed by atoms with van der Waals surface area (Å²) in [6.45, 7) is 9.47. The molecule has 1 aromatic rings. The average Bonchev–Trinajstić information content (AvgIpc) is 3.07. The second-order valence-electron chi connectivity index (χ2n) is 6.34. The first kappa shape index (κ1) is 18.6. The van der Waals surface area contributed by atoms with Crippen molar-refractivity contribution in [3.63, 3.8) is 0 Å². The molecule has 0 bridgehead atoms. The van der Waals surface area contributed by atoms with Crippen molar-refractivity contribution in [1.29, 1.82) is 0 Å². The Morgan fingerprint density at radius 2 is 2.08 bits per heavy atom. The molecule has 1 aromatic carbocycles. The van der Waals surface area contributed by atoms with E-state index in [-0.39, 0.29) is 12.2 Å². The normalized spacial score (nSPS) is 18.0. The van der Waals surface area contributed by atoms with E-state index in [9.17, 15) is 0 Å². The van der Waals surface area contributed by atoms with E-state index >= 15 is 0 Å². The number of nitrogens with zero attached hydrogens (tertiary/aromatic N) is 1. The molecule has 1 saturated heterocycles. The van der Waals surface area contributed by atoms with Crippen LogP contribution in [0, 0.1) is 0 Å². The Morgan fingerprint density at radius 3 is 2.71 bits per heavy atom. The highest BCUT2D eigenvalue weighted by Gasteiger charge is 2.14. The second kappa shape index (κ2) is 10.2. The summed E-state index contributed by atoms with van der Waals surface area (Å²) >= 11 is 0. The molecule has 0 radical (unpaired) electrons. The van der Waals surface area contributed by atoms with Crippen molar-refractivity contribution in [2.45, 2.75) is 52.2 Å². The largest absolute Gasteiger partial charge is 0.491 e. The van der Waals surface area contributed by atoms with Gasteiger partial charge in [-0.2, -0.15) is 0 Å². The van der Waals surface area contributed by atoms with Crippen molar-refractivity contribution in [1.82, 2.24) is 10.6 Å². The fourth-order valence-electron chi connectivity index (χ4n) is 2.66. The predicted octanol–water partition coefficient (Wildman–Crippen LogP) is 2.75. The number of guanidine groups is 1. The van der Waals surface area contributed by atoms with Gasteiger partial charge in [-0.3, -0.25) is 4.99 Å². The van der Waals surface area contributed by atoms with Crippen LogP contribution in [0.25, 0.3) is 0 Å².